The first-order valence-corrected chi connectivity index (χ1v) is 6.66. The molecule has 0 saturated heterocycles. The van der Waals surface area contributed by atoms with Gasteiger partial charge in [0.05, 0.1) is 13.2 Å². The van der Waals surface area contributed by atoms with Crippen LogP contribution >= 0.6 is 0 Å². The maximum atomic E-state index is 11.9. The van der Waals surface area contributed by atoms with Crippen molar-refractivity contribution in [3.63, 3.8) is 0 Å². The van der Waals surface area contributed by atoms with Gasteiger partial charge in [-0.25, -0.2) is 0 Å². The molecule has 0 atom stereocenters. The molecule has 1 aromatic rings. The number of methoxy groups -OCH3 is 1. The van der Waals surface area contributed by atoms with Gasteiger partial charge < -0.3 is 10.1 Å². The van der Waals surface area contributed by atoms with Crippen molar-refractivity contribution in [2.75, 3.05) is 40.4 Å². The molecule has 0 radical (unpaired) electrons. The minimum absolute atomic E-state index is 0.0586. The zero-order valence-electron chi connectivity index (χ0n) is 12.1. The topological polar surface area (TPSA) is 58.6 Å². The van der Waals surface area contributed by atoms with E-state index in [1.807, 2.05) is 30.1 Å². The second kappa shape index (κ2) is 9.23. The Balaban J connectivity index is 2.24. The van der Waals surface area contributed by atoms with Crippen molar-refractivity contribution < 1.29 is 14.3 Å². The number of Topliss-reactive ketones (excluding diaryl/α,β-unsaturated/α-hetero) is 1. The van der Waals surface area contributed by atoms with E-state index in [1.54, 1.807) is 19.2 Å². The van der Waals surface area contributed by atoms with Crippen molar-refractivity contribution in [3.8, 4) is 0 Å². The van der Waals surface area contributed by atoms with Crippen LogP contribution in [0.3, 0.4) is 0 Å². The quantitative estimate of drug-likeness (QED) is 0.540. The average molecular weight is 278 g/mol. The molecule has 0 bridgehead atoms. The van der Waals surface area contributed by atoms with Crippen LogP contribution < -0.4 is 5.32 Å². The Kier molecular flexibility index (Phi) is 7.54. The zero-order valence-corrected chi connectivity index (χ0v) is 12.1. The van der Waals surface area contributed by atoms with Crippen molar-refractivity contribution in [2.24, 2.45) is 0 Å². The van der Waals surface area contributed by atoms with Crippen LogP contribution in [0.2, 0.25) is 0 Å². The van der Waals surface area contributed by atoms with E-state index >= 15 is 0 Å². The highest BCUT2D eigenvalue weighted by Crippen LogP contribution is 2.03. The van der Waals surface area contributed by atoms with Gasteiger partial charge in [0.2, 0.25) is 5.91 Å². The summed E-state index contributed by atoms with van der Waals surface area (Å²) in [5.41, 5.74) is 0.713. The molecular weight excluding hydrogens is 256 g/mol. The van der Waals surface area contributed by atoms with E-state index in [4.69, 9.17) is 4.74 Å². The molecule has 1 N–H and O–H groups in total. The first-order chi connectivity index (χ1) is 9.63. The highest BCUT2D eigenvalue weighted by molar-refractivity contribution is 5.96. The van der Waals surface area contributed by atoms with Crippen molar-refractivity contribution >= 4 is 11.7 Å². The molecule has 0 aliphatic carbocycles. The van der Waals surface area contributed by atoms with Crippen LogP contribution in [-0.4, -0.2) is 57.0 Å². The van der Waals surface area contributed by atoms with E-state index in [0.29, 0.717) is 31.7 Å². The lowest BCUT2D eigenvalue weighted by molar-refractivity contribution is -0.122. The van der Waals surface area contributed by atoms with Crippen molar-refractivity contribution in [1.29, 1.82) is 0 Å². The van der Waals surface area contributed by atoms with E-state index in [2.05, 4.69) is 5.32 Å². The molecular formula is C15H22N2O3. The van der Waals surface area contributed by atoms with Crippen molar-refractivity contribution in [2.45, 2.75) is 6.42 Å². The number of nitrogens with one attached hydrogen (secondary N) is 1. The molecule has 0 fully saturated rings. The molecule has 1 aromatic carbocycles. The molecule has 0 unspecified atom stereocenters. The SMILES string of the molecule is COCCNC(=O)CN(C)CCC(=O)c1ccccc1. The Bertz CT molecular complexity index is 420. The van der Waals surface area contributed by atoms with Crippen molar-refractivity contribution in [3.05, 3.63) is 35.9 Å². The molecule has 0 aliphatic rings. The summed E-state index contributed by atoms with van der Waals surface area (Å²) in [5.74, 6) is 0.0361. The number of ketones is 1. The fourth-order valence-corrected chi connectivity index (χ4v) is 1.73. The lowest BCUT2D eigenvalue weighted by atomic mass is 10.1. The van der Waals surface area contributed by atoms with Gasteiger partial charge in [-0.3, -0.25) is 14.5 Å². The fraction of sp³-hybridized carbons (Fsp3) is 0.467. The monoisotopic (exact) mass is 278 g/mol. The van der Waals surface area contributed by atoms with Gasteiger partial charge in [0, 0.05) is 32.2 Å². The minimum atomic E-state index is -0.0586. The van der Waals surface area contributed by atoms with E-state index < -0.39 is 0 Å². The summed E-state index contributed by atoms with van der Waals surface area (Å²) >= 11 is 0. The van der Waals surface area contributed by atoms with Gasteiger partial charge >= 0.3 is 0 Å². The lowest BCUT2D eigenvalue weighted by Crippen LogP contribution is -2.37. The van der Waals surface area contributed by atoms with Crippen LogP contribution in [0.5, 0.6) is 0 Å². The van der Waals surface area contributed by atoms with Crippen LogP contribution in [0.25, 0.3) is 0 Å². The van der Waals surface area contributed by atoms with Gasteiger partial charge in [-0.15, -0.1) is 0 Å². The molecule has 20 heavy (non-hydrogen) atoms. The Labute approximate surface area is 119 Å². The number of rotatable bonds is 9. The van der Waals surface area contributed by atoms with Crippen LogP contribution in [0.4, 0.5) is 0 Å². The van der Waals surface area contributed by atoms with Gasteiger partial charge in [-0.1, -0.05) is 30.3 Å². The van der Waals surface area contributed by atoms with Gasteiger partial charge in [-0.2, -0.15) is 0 Å². The molecule has 1 rings (SSSR count). The predicted octanol–water partition coefficient (Wildman–Crippen LogP) is 0.954. The Morgan fingerprint density at radius 3 is 2.60 bits per heavy atom. The maximum absolute atomic E-state index is 11.9. The number of nitrogens with zero attached hydrogens (tertiary/aromatic N) is 1. The second-order valence-electron chi connectivity index (χ2n) is 4.62. The molecule has 0 aliphatic heterocycles. The molecule has 5 nitrogen and oxygen atoms in total. The van der Waals surface area contributed by atoms with Crippen LogP contribution in [-0.2, 0) is 9.53 Å². The van der Waals surface area contributed by atoms with Gasteiger partial charge in [0.1, 0.15) is 0 Å². The number of carbonyl (C=O) groups is 2. The van der Waals surface area contributed by atoms with Gasteiger partial charge in [0.25, 0.3) is 0 Å². The van der Waals surface area contributed by atoms with Crippen LogP contribution in [0, 0.1) is 0 Å². The molecule has 1 amide bonds. The Morgan fingerprint density at radius 1 is 1.25 bits per heavy atom. The summed E-state index contributed by atoms with van der Waals surface area (Å²) in [6.45, 7) is 1.85. The number of likely N-dealkylation sites (N-methyl/N-ethyl adjacent to an activating group) is 1. The van der Waals surface area contributed by atoms with E-state index in [1.165, 1.54) is 0 Å². The number of hydrogen-bond donors (Lipinski definition) is 1. The van der Waals surface area contributed by atoms with Crippen LogP contribution in [0.1, 0.15) is 16.8 Å². The highest BCUT2D eigenvalue weighted by atomic mass is 16.5. The first-order valence-electron chi connectivity index (χ1n) is 6.66. The summed E-state index contributed by atoms with van der Waals surface area (Å²) in [6.07, 6.45) is 0.409. The summed E-state index contributed by atoms with van der Waals surface area (Å²) in [6, 6.07) is 9.19. The summed E-state index contributed by atoms with van der Waals surface area (Å²) < 4.78 is 4.85. The number of hydrogen-bond acceptors (Lipinski definition) is 4. The number of amides is 1. The van der Waals surface area contributed by atoms with E-state index in [9.17, 15) is 9.59 Å². The smallest absolute Gasteiger partial charge is 0.234 e. The third-order valence-electron chi connectivity index (χ3n) is 2.86. The largest absolute Gasteiger partial charge is 0.383 e. The summed E-state index contributed by atoms with van der Waals surface area (Å²) in [4.78, 5) is 25.3. The van der Waals surface area contributed by atoms with E-state index in [0.717, 1.165) is 0 Å². The molecule has 0 aromatic heterocycles. The average Bonchev–Trinajstić information content (AvgIpc) is 2.46. The zero-order chi connectivity index (χ0) is 14.8. The third-order valence-corrected chi connectivity index (χ3v) is 2.86. The predicted molar refractivity (Wildman–Crippen MR) is 77.8 cm³/mol. The van der Waals surface area contributed by atoms with Crippen molar-refractivity contribution in [1.82, 2.24) is 10.2 Å². The minimum Gasteiger partial charge on any atom is -0.383 e. The second-order valence-corrected chi connectivity index (χ2v) is 4.62. The first kappa shape index (κ1) is 16.3. The summed E-state index contributed by atoms with van der Waals surface area (Å²) in [7, 11) is 3.42. The highest BCUT2D eigenvalue weighted by Gasteiger charge is 2.09. The number of carbonyl (C=O) groups excluding carboxylic acids is 2. The Hall–Kier alpha value is -1.72. The van der Waals surface area contributed by atoms with Gasteiger partial charge in [0.15, 0.2) is 5.78 Å². The fourth-order valence-electron chi connectivity index (χ4n) is 1.73. The molecule has 110 valence electrons. The van der Waals surface area contributed by atoms with Gasteiger partial charge in [-0.05, 0) is 7.05 Å². The third kappa shape index (κ3) is 6.45. The maximum Gasteiger partial charge on any atom is 0.234 e. The number of benzene rings is 1. The molecule has 0 saturated carbocycles. The molecule has 0 spiro atoms. The normalized spacial score (nSPS) is 10.6. The molecule has 0 heterocycles. The summed E-state index contributed by atoms with van der Waals surface area (Å²) in [5, 5.41) is 2.74. The lowest BCUT2D eigenvalue weighted by Gasteiger charge is -2.15. The standard InChI is InChI=1S/C15H22N2O3/c1-17(12-15(19)16-9-11-20-2)10-8-14(18)13-6-4-3-5-7-13/h3-7H,8-12H2,1-2H3,(H,16,19). The molecule has 5 heteroatoms. The van der Waals surface area contributed by atoms with E-state index in [-0.39, 0.29) is 18.2 Å². The van der Waals surface area contributed by atoms with Crippen LogP contribution in [0.15, 0.2) is 30.3 Å². The Morgan fingerprint density at radius 2 is 1.95 bits per heavy atom. The number of ether oxygens (including phenoxy) is 1.